The third-order valence-corrected chi connectivity index (χ3v) is 11.3. The zero-order valence-electron chi connectivity index (χ0n) is 29.7. The molecule has 250 valence electrons. The Morgan fingerprint density at radius 1 is 0.689 bits per heavy atom. The molecule has 3 rings (SSSR count). The molecule has 1 saturated heterocycles. The highest BCUT2D eigenvalue weighted by Crippen LogP contribution is 2.55. The number of benzene rings is 2. The van der Waals surface area contributed by atoms with Crippen molar-refractivity contribution in [3.8, 4) is 11.5 Å². The standard InChI is InChI=1S/C37H55NO5S2/c1-23(39)43-22-30(40)38-16-14-37(15-17-38,44-24-18-26(33(2,3)4)31(41)27(19-24)34(5,6)7)45-25-20-28(35(8,9)10)32(42)29(21-25)36(11,12)13/h18-21,41-42H,14-17,22H2,1-13H3. The van der Waals surface area contributed by atoms with E-state index >= 15 is 0 Å². The van der Waals surface area contributed by atoms with Gasteiger partial charge >= 0.3 is 5.97 Å². The summed E-state index contributed by atoms with van der Waals surface area (Å²) in [6.45, 7) is 27.6. The molecule has 0 bridgehead atoms. The van der Waals surface area contributed by atoms with E-state index in [4.69, 9.17) is 4.74 Å². The summed E-state index contributed by atoms with van der Waals surface area (Å²) in [4.78, 5) is 28.2. The second kappa shape index (κ2) is 13.1. The summed E-state index contributed by atoms with van der Waals surface area (Å²) in [6, 6.07) is 8.53. The topological polar surface area (TPSA) is 87.1 Å². The van der Waals surface area contributed by atoms with Crippen LogP contribution in [-0.4, -0.2) is 50.8 Å². The molecular weight excluding hydrogens is 603 g/mol. The van der Waals surface area contributed by atoms with E-state index in [0.29, 0.717) is 37.4 Å². The highest BCUT2D eigenvalue weighted by molar-refractivity contribution is 8.18. The van der Waals surface area contributed by atoms with Crippen LogP contribution in [0.1, 0.15) is 125 Å². The molecule has 6 nitrogen and oxygen atoms in total. The Kier molecular flexibility index (Phi) is 10.8. The van der Waals surface area contributed by atoms with Crippen LogP contribution in [0.25, 0.3) is 0 Å². The van der Waals surface area contributed by atoms with Gasteiger partial charge in [0.15, 0.2) is 6.61 Å². The van der Waals surface area contributed by atoms with Gasteiger partial charge in [0, 0.05) is 52.1 Å². The summed E-state index contributed by atoms with van der Waals surface area (Å²) in [5, 5.41) is 22.8. The Morgan fingerprint density at radius 2 is 1.00 bits per heavy atom. The Balaban J connectivity index is 2.15. The van der Waals surface area contributed by atoms with Gasteiger partial charge in [0.25, 0.3) is 5.91 Å². The smallest absolute Gasteiger partial charge is 0.303 e. The van der Waals surface area contributed by atoms with Crippen LogP contribution in [-0.2, 0) is 36.0 Å². The number of ether oxygens (including phenoxy) is 1. The van der Waals surface area contributed by atoms with E-state index in [1.54, 1.807) is 28.4 Å². The highest BCUT2D eigenvalue weighted by Gasteiger charge is 2.40. The third kappa shape index (κ3) is 9.15. The quantitative estimate of drug-likeness (QED) is 0.237. The minimum absolute atomic E-state index is 0.182. The van der Waals surface area contributed by atoms with Crippen LogP contribution in [0.5, 0.6) is 11.5 Å². The molecule has 0 spiro atoms. The van der Waals surface area contributed by atoms with Gasteiger partial charge in [-0.2, -0.15) is 0 Å². The summed E-state index contributed by atoms with van der Waals surface area (Å²) < 4.78 is 4.68. The average Bonchev–Trinajstić information content (AvgIpc) is 2.87. The molecule has 8 heteroatoms. The number of thioether (sulfide) groups is 2. The minimum atomic E-state index is -0.464. The molecule has 2 aromatic carbocycles. The predicted octanol–water partition coefficient (Wildman–Crippen LogP) is 9.05. The molecule has 1 aliphatic rings. The Hall–Kier alpha value is -2.32. The van der Waals surface area contributed by atoms with E-state index in [9.17, 15) is 19.8 Å². The van der Waals surface area contributed by atoms with Crippen LogP contribution in [0.2, 0.25) is 0 Å². The molecule has 0 saturated carbocycles. The van der Waals surface area contributed by atoms with Crippen LogP contribution in [0.15, 0.2) is 34.1 Å². The number of amides is 1. The summed E-state index contributed by atoms with van der Waals surface area (Å²) in [6.07, 6.45) is 1.42. The maximum atomic E-state index is 12.9. The molecule has 1 fully saturated rings. The largest absolute Gasteiger partial charge is 0.507 e. The van der Waals surface area contributed by atoms with Gasteiger partial charge in [-0.15, -0.1) is 23.5 Å². The number of esters is 1. The van der Waals surface area contributed by atoms with Gasteiger partial charge in [0.05, 0.1) is 4.08 Å². The Bertz CT molecular complexity index is 1260. The molecule has 1 heterocycles. The van der Waals surface area contributed by atoms with Gasteiger partial charge in [0.2, 0.25) is 0 Å². The number of hydrogen-bond acceptors (Lipinski definition) is 7. The van der Waals surface area contributed by atoms with Gasteiger partial charge in [0.1, 0.15) is 11.5 Å². The number of hydrogen-bond donors (Lipinski definition) is 2. The summed E-state index contributed by atoms with van der Waals surface area (Å²) in [5.41, 5.74) is 2.65. The molecule has 45 heavy (non-hydrogen) atoms. The van der Waals surface area contributed by atoms with Gasteiger partial charge in [-0.3, -0.25) is 9.59 Å². The first-order valence-corrected chi connectivity index (χ1v) is 17.5. The number of nitrogens with zero attached hydrogens (tertiary/aromatic N) is 1. The molecule has 1 aliphatic heterocycles. The first-order chi connectivity index (χ1) is 20.3. The fourth-order valence-corrected chi connectivity index (χ4v) is 8.71. The highest BCUT2D eigenvalue weighted by atomic mass is 32.2. The number of carbonyl (C=O) groups is 2. The van der Waals surface area contributed by atoms with Crippen molar-refractivity contribution in [2.24, 2.45) is 0 Å². The number of phenols is 2. The lowest BCUT2D eigenvalue weighted by molar-refractivity contribution is -0.150. The fraction of sp³-hybridized carbons (Fsp3) is 0.622. The van der Waals surface area contributed by atoms with Crippen molar-refractivity contribution < 1.29 is 24.5 Å². The lowest BCUT2D eigenvalue weighted by Crippen LogP contribution is -2.45. The van der Waals surface area contributed by atoms with Crippen molar-refractivity contribution in [1.82, 2.24) is 4.90 Å². The van der Waals surface area contributed by atoms with E-state index < -0.39 is 5.97 Å². The number of likely N-dealkylation sites (tertiary alicyclic amines) is 1. The Morgan fingerprint density at radius 3 is 1.27 bits per heavy atom. The van der Waals surface area contributed by atoms with E-state index in [-0.39, 0.29) is 38.3 Å². The van der Waals surface area contributed by atoms with E-state index in [1.165, 1.54) is 6.92 Å². The number of phenolic OH excluding ortho intramolecular Hbond substituents is 2. The molecule has 0 unspecified atom stereocenters. The van der Waals surface area contributed by atoms with Gasteiger partial charge in [-0.25, -0.2) is 0 Å². The first kappa shape index (κ1) is 37.1. The third-order valence-electron chi connectivity index (χ3n) is 8.28. The number of aromatic hydroxyl groups is 2. The van der Waals surface area contributed by atoms with Crippen molar-refractivity contribution in [2.75, 3.05) is 19.7 Å². The van der Waals surface area contributed by atoms with Crippen LogP contribution in [0.3, 0.4) is 0 Å². The molecule has 2 N–H and O–H groups in total. The van der Waals surface area contributed by atoms with Crippen LogP contribution < -0.4 is 0 Å². The average molecular weight is 658 g/mol. The van der Waals surface area contributed by atoms with Crippen molar-refractivity contribution in [2.45, 2.75) is 138 Å². The van der Waals surface area contributed by atoms with Gasteiger partial charge in [-0.05, 0) is 58.8 Å². The lowest BCUT2D eigenvalue weighted by atomic mass is 9.79. The van der Waals surface area contributed by atoms with Crippen molar-refractivity contribution in [3.63, 3.8) is 0 Å². The number of piperidine rings is 1. The zero-order chi connectivity index (χ0) is 34.3. The fourth-order valence-electron chi connectivity index (χ4n) is 5.63. The van der Waals surface area contributed by atoms with E-state index in [0.717, 1.165) is 32.0 Å². The molecular formula is C37H55NO5S2. The second-order valence-electron chi connectivity index (χ2n) is 16.5. The van der Waals surface area contributed by atoms with Crippen molar-refractivity contribution in [3.05, 3.63) is 46.5 Å². The van der Waals surface area contributed by atoms with Crippen molar-refractivity contribution in [1.29, 1.82) is 0 Å². The SMILES string of the molecule is CC(=O)OCC(=O)N1CCC(Sc2cc(C(C)(C)C)c(O)c(C(C)(C)C)c2)(Sc2cc(C(C)(C)C)c(O)c(C(C)(C)C)c2)CC1. The molecule has 0 atom stereocenters. The zero-order valence-corrected chi connectivity index (χ0v) is 31.4. The van der Waals surface area contributed by atoms with Crippen molar-refractivity contribution >= 4 is 35.4 Å². The molecule has 0 aromatic heterocycles. The normalized spacial score (nSPS) is 16.1. The molecule has 0 aliphatic carbocycles. The second-order valence-corrected chi connectivity index (χ2v) is 19.7. The maximum absolute atomic E-state index is 12.9. The van der Waals surface area contributed by atoms with Crippen LogP contribution in [0, 0.1) is 0 Å². The first-order valence-electron chi connectivity index (χ1n) is 15.9. The van der Waals surface area contributed by atoms with E-state index in [1.807, 2.05) is 0 Å². The van der Waals surface area contributed by atoms with Gasteiger partial charge < -0.3 is 19.8 Å². The summed E-state index contributed by atoms with van der Waals surface area (Å²) >= 11 is 3.61. The molecule has 2 aromatic rings. The maximum Gasteiger partial charge on any atom is 0.303 e. The summed E-state index contributed by atoms with van der Waals surface area (Å²) in [5.74, 6) is 0.0671. The molecule has 0 radical (unpaired) electrons. The lowest BCUT2D eigenvalue weighted by Gasteiger charge is -2.41. The predicted molar refractivity (Wildman–Crippen MR) is 188 cm³/mol. The number of rotatable bonds is 6. The van der Waals surface area contributed by atoms with Crippen LogP contribution >= 0.6 is 23.5 Å². The Labute approximate surface area is 280 Å². The summed E-state index contributed by atoms with van der Waals surface area (Å²) in [7, 11) is 0. The monoisotopic (exact) mass is 657 g/mol. The van der Waals surface area contributed by atoms with E-state index in [2.05, 4.69) is 107 Å². The number of carbonyl (C=O) groups excluding carboxylic acids is 2. The van der Waals surface area contributed by atoms with Gasteiger partial charge in [-0.1, -0.05) is 83.1 Å². The molecule has 1 amide bonds. The minimum Gasteiger partial charge on any atom is -0.507 e. The van der Waals surface area contributed by atoms with Crippen LogP contribution in [0.4, 0.5) is 0 Å².